The number of halogens is 1. The summed E-state index contributed by atoms with van der Waals surface area (Å²) in [5.74, 6) is 0. The highest BCUT2D eigenvalue weighted by atomic mass is 35.5. The Morgan fingerprint density at radius 2 is 2.00 bits per heavy atom. The van der Waals surface area contributed by atoms with E-state index in [1.807, 2.05) is 0 Å². The molecule has 0 saturated carbocycles. The van der Waals surface area contributed by atoms with Crippen molar-refractivity contribution in [3.8, 4) is 0 Å². The van der Waals surface area contributed by atoms with E-state index in [0.717, 1.165) is 0 Å². The molecule has 1 aliphatic heterocycles. The van der Waals surface area contributed by atoms with Crippen LogP contribution in [0.25, 0.3) is 0 Å². The maximum Gasteiger partial charge on any atom is 0.316 e. The van der Waals surface area contributed by atoms with Gasteiger partial charge in [-0.25, -0.2) is 8.42 Å². The first-order valence-electron chi connectivity index (χ1n) is 4.23. The SMILES string of the molecule is C[C@@H]1CN(C(=O)Cl)CCN1S(C)(=O)=O. The lowest BCUT2D eigenvalue weighted by atomic mass is 10.2. The smallest absolute Gasteiger partial charge is 0.316 e. The van der Waals surface area contributed by atoms with Gasteiger partial charge in [0.05, 0.1) is 6.26 Å². The quantitative estimate of drug-likeness (QED) is 0.490. The van der Waals surface area contributed by atoms with Crippen LogP contribution in [0, 0.1) is 0 Å². The van der Waals surface area contributed by atoms with Crippen LogP contribution in [0.2, 0.25) is 0 Å². The van der Waals surface area contributed by atoms with Crippen molar-refractivity contribution >= 4 is 27.0 Å². The predicted molar refractivity (Wildman–Crippen MR) is 53.8 cm³/mol. The van der Waals surface area contributed by atoms with Crippen LogP contribution < -0.4 is 0 Å². The van der Waals surface area contributed by atoms with Crippen LogP contribution in [0.5, 0.6) is 0 Å². The molecule has 0 aromatic rings. The molecule has 0 aliphatic carbocycles. The van der Waals surface area contributed by atoms with Gasteiger partial charge in [-0.1, -0.05) is 0 Å². The van der Waals surface area contributed by atoms with Crippen molar-refractivity contribution < 1.29 is 13.2 Å². The van der Waals surface area contributed by atoms with E-state index in [1.165, 1.54) is 15.5 Å². The van der Waals surface area contributed by atoms with Crippen LogP contribution in [0.4, 0.5) is 4.79 Å². The van der Waals surface area contributed by atoms with Crippen LogP contribution in [0.15, 0.2) is 0 Å². The summed E-state index contributed by atoms with van der Waals surface area (Å²) < 4.78 is 23.9. The normalized spacial score (nSPS) is 25.1. The maximum atomic E-state index is 11.3. The number of hydrogen-bond donors (Lipinski definition) is 0. The van der Waals surface area contributed by atoms with E-state index in [4.69, 9.17) is 11.6 Å². The second-order valence-corrected chi connectivity index (χ2v) is 5.68. The molecule has 1 rings (SSSR count). The molecule has 0 aromatic carbocycles. The fourth-order valence-corrected chi connectivity index (χ4v) is 2.88. The molecule has 1 atom stereocenters. The average molecular weight is 241 g/mol. The lowest BCUT2D eigenvalue weighted by Gasteiger charge is -2.37. The van der Waals surface area contributed by atoms with E-state index in [0.29, 0.717) is 19.6 Å². The van der Waals surface area contributed by atoms with Gasteiger partial charge in [0.2, 0.25) is 10.0 Å². The summed E-state index contributed by atoms with van der Waals surface area (Å²) in [5, 5.41) is -0.523. The third-order valence-electron chi connectivity index (χ3n) is 2.24. The Morgan fingerprint density at radius 3 is 2.36 bits per heavy atom. The highest BCUT2D eigenvalue weighted by Gasteiger charge is 2.31. The molecule has 0 bridgehead atoms. The van der Waals surface area contributed by atoms with Crippen LogP contribution in [0.1, 0.15) is 6.92 Å². The van der Waals surface area contributed by atoms with Gasteiger partial charge >= 0.3 is 5.37 Å². The summed E-state index contributed by atoms with van der Waals surface area (Å²) in [7, 11) is -3.17. The van der Waals surface area contributed by atoms with Crippen molar-refractivity contribution in [3.63, 3.8) is 0 Å². The second kappa shape index (κ2) is 4.04. The van der Waals surface area contributed by atoms with E-state index < -0.39 is 15.4 Å². The zero-order chi connectivity index (χ0) is 10.9. The van der Waals surface area contributed by atoms with E-state index in [-0.39, 0.29) is 6.04 Å². The lowest BCUT2D eigenvalue weighted by molar-refractivity contribution is 0.165. The molecular formula is C7H13ClN2O3S. The summed E-state index contributed by atoms with van der Waals surface area (Å²) in [6.45, 7) is 2.79. The number of rotatable bonds is 1. The molecule has 5 nitrogen and oxygen atoms in total. The number of amides is 1. The minimum Gasteiger partial charge on any atom is -0.326 e. The van der Waals surface area contributed by atoms with E-state index in [1.54, 1.807) is 6.92 Å². The zero-order valence-corrected chi connectivity index (χ0v) is 9.68. The molecule has 1 aliphatic rings. The van der Waals surface area contributed by atoms with E-state index in [2.05, 4.69) is 0 Å². The molecule has 1 saturated heterocycles. The largest absolute Gasteiger partial charge is 0.326 e. The second-order valence-electron chi connectivity index (χ2n) is 3.42. The molecule has 82 valence electrons. The van der Waals surface area contributed by atoms with E-state index in [9.17, 15) is 13.2 Å². The van der Waals surface area contributed by atoms with Crippen LogP contribution in [0.3, 0.4) is 0 Å². The summed E-state index contributed by atoms with van der Waals surface area (Å²) in [6.07, 6.45) is 1.17. The minimum absolute atomic E-state index is 0.207. The van der Waals surface area contributed by atoms with Crippen molar-refractivity contribution in [2.24, 2.45) is 0 Å². The number of piperazine rings is 1. The van der Waals surface area contributed by atoms with Crippen LogP contribution in [-0.4, -0.2) is 54.9 Å². The van der Waals surface area contributed by atoms with Crippen LogP contribution >= 0.6 is 11.6 Å². The Labute approximate surface area is 88.7 Å². The standard InChI is InChI=1S/C7H13ClN2O3S/c1-6-5-9(7(8)11)3-4-10(6)14(2,12)13/h6H,3-5H2,1-2H3/t6-/m1/s1. The topological polar surface area (TPSA) is 57.7 Å². The maximum absolute atomic E-state index is 11.3. The third kappa shape index (κ3) is 2.59. The lowest BCUT2D eigenvalue weighted by Crippen LogP contribution is -2.54. The molecule has 7 heteroatoms. The fraction of sp³-hybridized carbons (Fsp3) is 0.857. The van der Waals surface area contributed by atoms with Gasteiger partial charge in [-0.2, -0.15) is 4.31 Å². The molecule has 0 unspecified atom stereocenters. The Kier molecular flexibility index (Phi) is 3.39. The van der Waals surface area contributed by atoms with Gasteiger partial charge in [0.15, 0.2) is 0 Å². The van der Waals surface area contributed by atoms with Crippen molar-refractivity contribution in [3.05, 3.63) is 0 Å². The molecule has 1 heterocycles. The predicted octanol–water partition coefficient (Wildman–Crippen LogP) is 0.311. The van der Waals surface area contributed by atoms with Gasteiger partial charge in [0, 0.05) is 25.7 Å². The van der Waals surface area contributed by atoms with Gasteiger partial charge in [-0.15, -0.1) is 0 Å². The summed E-state index contributed by atoms with van der Waals surface area (Å²) in [6, 6.07) is -0.207. The fourth-order valence-electron chi connectivity index (χ4n) is 1.59. The van der Waals surface area contributed by atoms with Crippen molar-refractivity contribution in [1.82, 2.24) is 9.21 Å². The molecule has 1 amide bonds. The van der Waals surface area contributed by atoms with Crippen molar-refractivity contribution in [2.45, 2.75) is 13.0 Å². The number of hydrogen-bond acceptors (Lipinski definition) is 3. The molecular weight excluding hydrogens is 228 g/mol. The molecule has 1 fully saturated rings. The number of nitrogens with zero attached hydrogens (tertiary/aromatic N) is 2. The molecule has 14 heavy (non-hydrogen) atoms. The first-order chi connectivity index (χ1) is 6.32. The summed E-state index contributed by atoms with van der Waals surface area (Å²) in [4.78, 5) is 12.3. The number of sulfonamides is 1. The van der Waals surface area contributed by atoms with Gasteiger partial charge < -0.3 is 4.90 Å². The number of carbonyl (C=O) groups excluding carboxylic acids is 1. The zero-order valence-electron chi connectivity index (χ0n) is 8.10. The van der Waals surface area contributed by atoms with Gasteiger partial charge in [0.25, 0.3) is 0 Å². The molecule has 0 N–H and O–H groups in total. The van der Waals surface area contributed by atoms with Crippen molar-refractivity contribution in [2.75, 3.05) is 25.9 Å². The molecule has 0 aromatic heterocycles. The summed E-state index contributed by atoms with van der Waals surface area (Å²) >= 11 is 5.30. The Bertz CT molecular complexity index is 330. The Balaban J connectivity index is 2.70. The molecule has 0 radical (unpaired) electrons. The third-order valence-corrected chi connectivity index (χ3v) is 3.87. The molecule has 0 spiro atoms. The number of carbonyl (C=O) groups is 1. The average Bonchev–Trinajstić information content (AvgIpc) is 2.01. The highest BCUT2D eigenvalue weighted by Crippen LogP contribution is 2.14. The van der Waals surface area contributed by atoms with E-state index >= 15 is 0 Å². The Morgan fingerprint density at radius 1 is 1.43 bits per heavy atom. The Hall–Kier alpha value is -0.330. The van der Waals surface area contributed by atoms with Crippen molar-refractivity contribution in [1.29, 1.82) is 0 Å². The first kappa shape index (κ1) is 11.7. The van der Waals surface area contributed by atoms with Crippen LogP contribution in [-0.2, 0) is 10.0 Å². The monoisotopic (exact) mass is 240 g/mol. The minimum atomic E-state index is -3.17. The van der Waals surface area contributed by atoms with Gasteiger partial charge in [0.1, 0.15) is 0 Å². The highest BCUT2D eigenvalue weighted by molar-refractivity contribution is 7.88. The summed E-state index contributed by atoms with van der Waals surface area (Å²) in [5.41, 5.74) is 0. The van der Waals surface area contributed by atoms with Gasteiger partial charge in [-0.3, -0.25) is 4.79 Å². The van der Waals surface area contributed by atoms with Gasteiger partial charge in [-0.05, 0) is 18.5 Å². The first-order valence-corrected chi connectivity index (χ1v) is 6.46.